The lowest BCUT2D eigenvalue weighted by atomic mass is 10.0. The Morgan fingerprint density at radius 3 is 2.83 bits per heavy atom. The van der Waals surface area contributed by atoms with Crippen molar-refractivity contribution in [2.75, 3.05) is 18.0 Å². The first kappa shape index (κ1) is 15.2. The Balaban J connectivity index is 1.62. The van der Waals surface area contributed by atoms with Crippen molar-refractivity contribution in [2.24, 2.45) is 0 Å². The molecule has 1 aliphatic rings. The van der Waals surface area contributed by atoms with Gasteiger partial charge in [0.15, 0.2) is 0 Å². The van der Waals surface area contributed by atoms with E-state index in [2.05, 4.69) is 39.7 Å². The van der Waals surface area contributed by atoms with Gasteiger partial charge >= 0.3 is 0 Å². The highest BCUT2D eigenvalue weighted by Crippen LogP contribution is 2.23. The molecule has 0 amide bonds. The Morgan fingerprint density at radius 1 is 1.26 bits per heavy atom. The van der Waals surface area contributed by atoms with E-state index in [0.29, 0.717) is 5.56 Å². The fourth-order valence-corrected chi connectivity index (χ4v) is 2.66. The molecule has 4 heteroatoms. The van der Waals surface area contributed by atoms with E-state index < -0.39 is 0 Å². The van der Waals surface area contributed by atoms with Crippen LogP contribution >= 0.6 is 0 Å². The molecule has 0 unspecified atom stereocenters. The smallest absolute Gasteiger partial charge is 0.142 e. The van der Waals surface area contributed by atoms with Gasteiger partial charge in [-0.2, -0.15) is 0 Å². The molecule has 3 rings (SSSR count). The molecule has 0 aromatic carbocycles. The third-order valence-corrected chi connectivity index (χ3v) is 3.88. The van der Waals surface area contributed by atoms with Gasteiger partial charge in [0.25, 0.3) is 0 Å². The first-order chi connectivity index (χ1) is 11.2. The number of piperidine rings is 1. The summed E-state index contributed by atoms with van der Waals surface area (Å²) in [6.07, 6.45) is 8.50. The summed E-state index contributed by atoms with van der Waals surface area (Å²) >= 11 is 0. The Kier molecular flexibility index (Phi) is 4.68. The van der Waals surface area contributed by atoms with Crippen molar-refractivity contribution >= 4 is 5.82 Å². The van der Waals surface area contributed by atoms with E-state index in [1.165, 1.54) is 23.4 Å². The number of hydrogen-bond donors (Lipinski definition) is 0. The van der Waals surface area contributed by atoms with Crippen LogP contribution in [-0.2, 0) is 0 Å². The second kappa shape index (κ2) is 7.06. The molecule has 2 aromatic rings. The Bertz CT molecular complexity index is 776. The SMILES string of the molecule is Cc1cccnc1N1CCC(=CC#Cc2cncc(F)c2)CC1. The predicted molar refractivity (Wildman–Crippen MR) is 89.6 cm³/mol. The van der Waals surface area contributed by atoms with E-state index in [1.807, 2.05) is 18.3 Å². The van der Waals surface area contributed by atoms with Gasteiger partial charge in [0.1, 0.15) is 11.6 Å². The van der Waals surface area contributed by atoms with E-state index in [-0.39, 0.29) is 5.82 Å². The van der Waals surface area contributed by atoms with Gasteiger partial charge in [-0.3, -0.25) is 4.98 Å². The maximum absolute atomic E-state index is 13.0. The van der Waals surface area contributed by atoms with Crippen LogP contribution in [0.25, 0.3) is 0 Å². The first-order valence-corrected chi connectivity index (χ1v) is 7.69. The van der Waals surface area contributed by atoms with Crippen molar-refractivity contribution in [3.8, 4) is 11.8 Å². The maximum atomic E-state index is 13.0. The van der Waals surface area contributed by atoms with Crippen molar-refractivity contribution in [1.29, 1.82) is 0 Å². The lowest BCUT2D eigenvalue weighted by molar-refractivity contribution is 0.621. The molecule has 1 saturated heterocycles. The number of hydrogen-bond acceptors (Lipinski definition) is 3. The molecule has 0 N–H and O–H groups in total. The monoisotopic (exact) mass is 307 g/mol. The highest BCUT2D eigenvalue weighted by Gasteiger charge is 2.16. The Labute approximate surface area is 135 Å². The van der Waals surface area contributed by atoms with Crippen LogP contribution < -0.4 is 4.90 Å². The van der Waals surface area contributed by atoms with E-state index in [9.17, 15) is 4.39 Å². The molecule has 0 aliphatic carbocycles. The fourth-order valence-electron chi connectivity index (χ4n) is 2.66. The van der Waals surface area contributed by atoms with Gasteiger partial charge in [-0.1, -0.05) is 23.5 Å². The summed E-state index contributed by atoms with van der Waals surface area (Å²) in [4.78, 5) is 10.6. The molecule has 3 nitrogen and oxygen atoms in total. The van der Waals surface area contributed by atoms with Crippen LogP contribution in [0.15, 0.2) is 48.4 Å². The number of nitrogens with zero attached hydrogens (tertiary/aromatic N) is 3. The van der Waals surface area contributed by atoms with Crippen LogP contribution in [-0.4, -0.2) is 23.1 Å². The third kappa shape index (κ3) is 3.95. The molecule has 0 radical (unpaired) electrons. The molecule has 3 heterocycles. The summed E-state index contributed by atoms with van der Waals surface area (Å²) in [5, 5.41) is 0. The molecule has 0 spiro atoms. The minimum Gasteiger partial charge on any atom is -0.356 e. The lowest BCUT2D eigenvalue weighted by Gasteiger charge is -2.30. The molecule has 0 atom stereocenters. The van der Waals surface area contributed by atoms with Gasteiger partial charge in [0.2, 0.25) is 0 Å². The van der Waals surface area contributed by atoms with Crippen molar-refractivity contribution in [1.82, 2.24) is 9.97 Å². The largest absolute Gasteiger partial charge is 0.356 e. The number of allylic oxidation sites excluding steroid dienone is 1. The number of halogens is 1. The second-order valence-corrected chi connectivity index (χ2v) is 5.59. The van der Waals surface area contributed by atoms with Gasteiger partial charge in [-0.15, -0.1) is 0 Å². The van der Waals surface area contributed by atoms with E-state index in [0.717, 1.165) is 31.7 Å². The van der Waals surface area contributed by atoms with Crippen LogP contribution in [0, 0.1) is 24.6 Å². The topological polar surface area (TPSA) is 29.0 Å². The zero-order valence-electron chi connectivity index (χ0n) is 13.1. The van der Waals surface area contributed by atoms with Gasteiger partial charge in [0, 0.05) is 31.0 Å². The van der Waals surface area contributed by atoms with Crippen LogP contribution in [0.2, 0.25) is 0 Å². The standard InChI is InChI=1S/C19H18FN3/c1-15-4-3-9-22-19(15)23-10-7-16(8-11-23)5-2-6-17-12-18(20)14-21-13-17/h3-5,9,12-14H,7-8,10-11H2,1H3. The number of anilines is 1. The van der Waals surface area contributed by atoms with E-state index in [1.54, 1.807) is 6.20 Å². The molecular weight excluding hydrogens is 289 g/mol. The minimum absolute atomic E-state index is 0.358. The second-order valence-electron chi connectivity index (χ2n) is 5.59. The van der Waals surface area contributed by atoms with Gasteiger partial charge in [-0.25, -0.2) is 9.37 Å². The Morgan fingerprint density at radius 2 is 2.09 bits per heavy atom. The minimum atomic E-state index is -0.358. The number of rotatable bonds is 1. The zero-order valence-corrected chi connectivity index (χ0v) is 13.1. The van der Waals surface area contributed by atoms with Gasteiger partial charge in [-0.05, 0) is 43.5 Å². The lowest BCUT2D eigenvalue weighted by Crippen LogP contribution is -2.31. The van der Waals surface area contributed by atoms with Crippen LogP contribution in [0.5, 0.6) is 0 Å². The average molecular weight is 307 g/mol. The van der Waals surface area contributed by atoms with Crippen molar-refractivity contribution in [3.05, 3.63) is 65.4 Å². The first-order valence-electron chi connectivity index (χ1n) is 7.69. The van der Waals surface area contributed by atoms with Crippen molar-refractivity contribution in [3.63, 3.8) is 0 Å². The molecule has 0 bridgehead atoms. The molecule has 0 saturated carbocycles. The summed E-state index contributed by atoms with van der Waals surface area (Å²) in [5.74, 6) is 6.66. The quantitative estimate of drug-likeness (QED) is 0.755. The fraction of sp³-hybridized carbons (Fsp3) is 0.263. The normalized spacial score (nSPS) is 14.2. The molecule has 23 heavy (non-hydrogen) atoms. The maximum Gasteiger partial charge on any atom is 0.142 e. The van der Waals surface area contributed by atoms with Crippen molar-refractivity contribution in [2.45, 2.75) is 19.8 Å². The zero-order chi connectivity index (χ0) is 16.1. The summed E-state index contributed by atoms with van der Waals surface area (Å²) in [6, 6.07) is 5.45. The number of aromatic nitrogens is 2. The van der Waals surface area contributed by atoms with E-state index >= 15 is 0 Å². The number of aryl methyl sites for hydroxylation is 1. The van der Waals surface area contributed by atoms with Crippen LogP contribution in [0.3, 0.4) is 0 Å². The van der Waals surface area contributed by atoms with Gasteiger partial charge < -0.3 is 4.90 Å². The average Bonchev–Trinajstić information content (AvgIpc) is 2.56. The Hall–Kier alpha value is -2.67. The molecular formula is C19H18FN3. The summed E-state index contributed by atoms with van der Waals surface area (Å²) in [5.41, 5.74) is 3.13. The van der Waals surface area contributed by atoms with Crippen LogP contribution in [0.4, 0.5) is 10.2 Å². The van der Waals surface area contributed by atoms with E-state index in [4.69, 9.17) is 0 Å². The van der Waals surface area contributed by atoms with Crippen molar-refractivity contribution < 1.29 is 4.39 Å². The summed E-state index contributed by atoms with van der Waals surface area (Å²) in [6.45, 7) is 3.99. The van der Waals surface area contributed by atoms with Crippen LogP contribution in [0.1, 0.15) is 24.0 Å². The third-order valence-electron chi connectivity index (χ3n) is 3.88. The number of pyridine rings is 2. The highest BCUT2D eigenvalue weighted by atomic mass is 19.1. The summed E-state index contributed by atoms with van der Waals surface area (Å²) in [7, 11) is 0. The van der Waals surface area contributed by atoms with Gasteiger partial charge in [0.05, 0.1) is 6.20 Å². The molecule has 2 aromatic heterocycles. The molecule has 1 fully saturated rings. The molecule has 1 aliphatic heterocycles. The molecule has 116 valence electrons. The predicted octanol–water partition coefficient (Wildman–Crippen LogP) is 3.50. The summed E-state index contributed by atoms with van der Waals surface area (Å²) < 4.78 is 13.0. The highest BCUT2D eigenvalue weighted by molar-refractivity contribution is 5.47.